The molecule has 1 heterocycles. The van der Waals surface area contributed by atoms with E-state index in [0.29, 0.717) is 21.8 Å². The monoisotopic (exact) mass is 413 g/mol. The molecule has 1 atom stereocenters. The molecule has 2 aromatic rings. The zero-order chi connectivity index (χ0) is 20.8. The van der Waals surface area contributed by atoms with Crippen LogP contribution in [-0.2, 0) is 0 Å². The molecule has 5 nitrogen and oxygen atoms in total. The van der Waals surface area contributed by atoms with E-state index in [-0.39, 0.29) is 17.9 Å². The number of piperidine rings is 1. The summed E-state index contributed by atoms with van der Waals surface area (Å²) in [4.78, 5) is 27.8. The van der Waals surface area contributed by atoms with Crippen LogP contribution in [0.15, 0.2) is 42.5 Å². The van der Waals surface area contributed by atoms with Gasteiger partial charge in [0.05, 0.1) is 5.56 Å². The van der Waals surface area contributed by atoms with Crippen molar-refractivity contribution in [2.45, 2.75) is 45.6 Å². The summed E-state index contributed by atoms with van der Waals surface area (Å²) >= 11 is 5.99. The molecule has 2 amide bonds. The van der Waals surface area contributed by atoms with Crippen molar-refractivity contribution in [1.29, 1.82) is 0 Å². The van der Waals surface area contributed by atoms with E-state index in [2.05, 4.69) is 15.5 Å². The van der Waals surface area contributed by atoms with Crippen LogP contribution >= 0.6 is 11.6 Å². The van der Waals surface area contributed by atoms with Crippen molar-refractivity contribution < 1.29 is 9.59 Å². The number of carbonyl (C=O) groups is 2. The van der Waals surface area contributed by atoms with Crippen molar-refractivity contribution in [3.8, 4) is 0 Å². The van der Waals surface area contributed by atoms with Crippen LogP contribution in [0.2, 0.25) is 5.02 Å². The molecular weight excluding hydrogens is 386 g/mol. The van der Waals surface area contributed by atoms with Gasteiger partial charge in [0.2, 0.25) is 0 Å². The number of halogens is 1. The van der Waals surface area contributed by atoms with Crippen molar-refractivity contribution in [3.05, 3.63) is 58.6 Å². The number of hydrogen-bond donors (Lipinski definition) is 2. The molecule has 0 saturated carbocycles. The second-order valence-corrected chi connectivity index (χ2v) is 7.96. The van der Waals surface area contributed by atoms with Crippen molar-refractivity contribution in [3.63, 3.8) is 0 Å². The molecule has 1 aliphatic heterocycles. The molecule has 0 aromatic heterocycles. The van der Waals surface area contributed by atoms with Crippen molar-refractivity contribution in [2.24, 2.45) is 0 Å². The van der Waals surface area contributed by atoms with Gasteiger partial charge in [0.1, 0.15) is 0 Å². The van der Waals surface area contributed by atoms with Gasteiger partial charge in [0.25, 0.3) is 11.8 Å². The highest BCUT2D eigenvalue weighted by molar-refractivity contribution is 6.31. The summed E-state index contributed by atoms with van der Waals surface area (Å²) in [6.07, 6.45) is 4.33. The Kier molecular flexibility index (Phi) is 7.15. The van der Waals surface area contributed by atoms with E-state index in [1.165, 1.54) is 6.42 Å². The number of nitrogens with zero attached hydrogens (tertiary/aromatic N) is 1. The SMILES string of the molecule is CC[C@H](C)NC(=O)c1cc(NC(=O)c2cccc(Cl)c2)ccc1N1CCCCC1. The van der Waals surface area contributed by atoms with Crippen LogP contribution in [0.3, 0.4) is 0 Å². The van der Waals surface area contributed by atoms with E-state index in [4.69, 9.17) is 11.6 Å². The van der Waals surface area contributed by atoms with Crippen LogP contribution in [0.5, 0.6) is 0 Å². The predicted molar refractivity (Wildman–Crippen MR) is 119 cm³/mol. The zero-order valence-electron chi connectivity index (χ0n) is 17.0. The largest absolute Gasteiger partial charge is 0.371 e. The number of benzene rings is 2. The lowest BCUT2D eigenvalue weighted by molar-refractivity contribution is 0.0938. The van der Waals surface area contributed by atoms with Gasteiger partial charge in [-0.3, -0.25) is 9.59 Å². The van der Waals surface area contributed by atoms with Gasteiger partial charge in [-0.25, -0.2) is 0 Å². The van der Waals surface area contributed by atoms with E-state index in [1.807, 2.05) is 26.0 Å². The second kappa shape index (κ2) is 9.79. The minimum atomic E-state index is -0.258. The highest BCUT2D eigenvalue weighted by Gasteiger charge is 2.20. The molecule has 1 aliphatic rings. The Morgan fingerprint density at radius 3 is 2.52 bits per heavy atom. The Balaban J connectivity index is 1.87. The number of hydrogen-bond acceptors (Lipinski definition) is 3. The Labute approximate surface area is 177 Å². The van der Waals surface area contributed by atoms with Crippen LogP contribution in [0, 0.1) is 0 Å². The van der Waals surface area contributed by atoms with Crippen LogP contribution in [0.1, 0.15) is 60.2 Å². The molecule has 0 radical (unpaired) electrons. The van der Waals surface area contributed by atoms with Gasteiger partial charge < -0.3 is 15.5 Å². The Hall–Kier alpha value is -2.53. The molecule has 0 unspecified atom stereocenters. The predicted octanol–water partition coefficient (Wildman–Crippen LogP) is 5.11. The van der Waals surface area contributed by atoms with Gasteiger partial charge >= 0.3 is 0 Å². The molecule has 1 fully saturated rings. The standard InChI is InChI=1S/C23H28ClN3O2/c1-3-16(2)25-23(29)20-15-19(10-11-21(20)27-12-5-4-6-13-27)26-22(28)17-8-7-9-18(24)14-17/h7-11,14-16H,3-6,12-13H2,1-2H3,(H,25,29)(H,26,28)/t16-/m0/s1. The molecular formula is C23H28ClN3O2. The topological polar surface area (TPSA) is 61.4 Å². The maximum atomic E-state index is 13.0. The third kappa shape index (κ3) is 5.51. The van der Waals surface area contributed by atoms with Gasteiger partial charge in [-0.1, -0.05) is 24.6 Å². The molecule has 2 aromatic carbocycles. The van der Waals surface area contributed by atoms with Crippen molar-refractivity contribution in [2.75, 3.05) is 23.3 Å². The first-order valence-corrected chi connectivity index (χ1v) is 10.6. The third-order valence-electron chi connectivity index (χ3n) is 5.27. The van der Waals surface area contributed by atoms with Crippen LogP contribution in [0.25, 0.3) is 0 Å². The highest BCUT2D eigenvalue weighted by atomic mass is 35.5. The second-order valence-electron chi connectivity index (χ2n) is 7.53. The Morgan fingerprint density at radius 2 is 1.83 bits per heavy atom. The van der Waals surface area contributed by atoms with E-state index in [9.17, 15) is 9.59 Å². The smallest absolute Gasteiger partial charge is 0.255 e. The maximum absolute atomic E-state index is 13.0. The fourth-order valence-corrected chi connectivity index (χ4v) is 3.63. The fourth-order valence-electron chi connectivity index (χ4n) is 3.44. The van der Waals surface area contributed by atoms with Crippen LogP contribution in [0.4, 0.5) is 11.4 Å². The number of anilines is 2. The van der Waals surface area contributed by atoms with E-state index in [1.54, 1.807) is 30.3 Å². The summed E-state index contributed by atoms with van der Waals surface area (Å²) < 4.78 is 0. The number of nitrogens with one attached hydrogen (secondary N) is 2. The first-order chi connectivity index (χ1) is 14.0. The lowest BCUT2D eigenvalue weighted by atomic mass is 10.0. The lowest BCUT2D eigenvalue weighted by Gasteiger charge is -2.31. The van der Waals surface area contributed by atoms with Gasteiger partial charge in [-0.2, -0.15) is 0 Å². The molecule has 29 heavy (non-hydrogen) atoms. The van der Waals surface area contributed by atoms with Crippen LogP contribution in [-0.4, -0.2) is 30.9 Å². The average molecular weight is 414 g/mol. The van der Waals surface area contributed by atoms with Crippen molar-refractivity contribution in [1.82, 2.24) is 5.32 Å². The fraction of sp³-hybridized carbons (Fsp3) is 0.391. The first kappa shape index (κ1) is 21.2. The van der Waals surface area contributed by atoms with Crippen LogP contribution < -0.4 is 15.5 Å². The summed E-state index contributed by atoms with van der Waals surface area (Å²) in [5.74, 6) is -0.370. The van der Waals surface area contributed by atoms with Crippen molar-refractivity contribution >= 4 is 34.8 Å². The van der Waals surface area contributed by atoms with E-state index >= 15 is 0 Å². The Bertz CT molecular complexity index is 878. The molecule has 0 bridgehead atoms. The minimum Gasteiger partial charge on any atom is -0.371 e. The molecule has 2 N–H and O–H groups in total. The molecule has 1 saturated heterocycles. The summed E-state index contributed by atoms with van der Waals surface area (Å²) in [5.41, 5.74) is 2.58. The highest BCUT2D eigenvalue weighted by Crippen LogP contribution is 2.28. The average Bonchev–Trinajstić information content (AvgIpc) is 2.74. The van der Waals surface area contributed by atoms with Gasteiger partial charge in [0.15, 0.2) is 0 Å². The summed E-state index contributed by atoms with van der Waals surface area (Å²) in [6.45, 7) is 5.91. The van der Waals surface area contributed by atoms with E-state index in [0.717, 1.165) is 38.0 Å². The normalized spacial score (nSPS) is 14.9. The quantitative estimate of drug-likeness (QED) is 0.691. The summed E-state index contributed by atoms with van der Waals surface area (Å²) in [7, 11) is 0. The Morgan fingerprint density at radius 1 is 1.07 bits per heavy atom. The maximum Gasteiger partial charge on any atom is 0.255 e. The summed E-state index contributed by atoms with van der Waals surface area (Å²) in [6, 6.07) is 12.4. The molecule has 0 aliphatic carbocycles. The number of rotatable bonds is 6. The van der Waals surface area contributed by atoms with Gasteiger partial charge in [-0.05, 0) is 69.0 Å². The molecule has 6 heteroatoms. The lowest BCUT2D eigenvalue weighted by Crippen LogP contribution is -2.35. The summed E-state index contributed by atoms with van der Waals surface area (Å²) in [5, 5.41) is 6.44. The molecule has 154 valence electrons. The first-order valence-electron chi connectivity index (χ1n) is 10.2. The third-order valence-corrected chi connectivity index (χ3v) is 5.51. The van der Waals surface area contributed by atoms with Gasteiger partial charge in [0, 0.05) is 41.1 Å². The number of carbonyl (C=O) groups excluding carboxylic acids is 2. The zero-order valence-corrected chi connectivity index (χ0v) is 17.8. The van der Waals surface area contributed by atoms with Gasteiger partial charge in [-0.15, -0.1) is 0 Å². The molecule has 0 spiro atoms. The van der Waals surface area contributed by atoms with E-state index < -0.39 is 0 Å². The minimum absolute atomic E-state index is 0.0846. The molecule has 3 rings (SSSR count). The number of amides is 2.